The predicted octanol–water partition coefficient (Wildman–Crippen LogP) is 4.20. The van der Waals surface area contributed by atoms with Crippen LogP contribution in [0.3, 0.4) is 0 Å². The quantitative estimate of drug-likeness (QED) is 0.819. The molecule has 0 atom stereocenters. The van der Waals surface area contributed by atoms with E-state index in [0.717, 1.165) is 22.5 Å². The lowest BCUT2D eigenvalue weighted by atomic mass is 10.1. The normalized spacial score (nSPS) is 12.1. The van der Waals surface area contributed by atoms with Crippen molar-refractivity contribution in [2.24, 2.45) is 0 Å². The molecule has 2 amide bonds. The fraction of sp³-hybridized carbons (Fsp3) is 0.0556. The minimum atomic E-state index is -0.154. The van der Waals surface area contributed by atoms with Crippen molar-refractivity contribution in [3.05, 3.63) is 72.3 Å². The van der Waals surface area contributed by atoms with Crippen molar-refractivity contribution in [3.63, 3.8) is 0 Å². The molecule has 3 rings (SSSR count). The molecular formula is C18H16N2O. The molecule has 3 nitrogen and oxygen atoms in total. The molecule has 0 aromatic heterocycles. The largest absolute Gasteiger partial charge is 0.334 e. The number of fused-ring (bicyclic) bond motifs is 2. The lowest BCUT2D eigenvalue weighted by molar-refractivity contribution is 0.249. The van der Waals surface area contributed by atoms with Crippen LogP contribution in [0.4, 0.5) is 16.2 Å². The summed E-state index contributed by atoms with van der Waals surface area (Å²) in [4.78, 5) is 14.3. The molecule has 3 heteroatoms. The van der Waals surface area contributed by atoms with Gasteiger partial charge in [-0.3, -0.25) is 4.90 Å². The van der Waals surface area contributed by atoms with Crippen molar-refractivity contribution in [2.45, 2.75) is 0 Å². The second-order valence-corrected chi connectivity index (χ2v) is 4.76. The van der Waals surface area contributed by atoms with Crippen LogP contribution in [0.5, 0.6) is 0 Å². The Balaban J connectivity index is 2.14. The van der Waals surface area contributed by atoms with Gasteiger partial charge in [-0.2, -0.15) is 0 Å². The van der Waals surface area contributed by atoms with E-state index in [1.165, 1.54) is 0 Å². The SMILES string of the molecule is C=CCNC(=O)N1c2ccccc2C=Cc2ccccc21. The molecule has 21 heavy (non-hydrogen) atoms. The Morgan fingerprint density at radius 3 is 2.05 bits per heavy atom. The van der Waals surface area contributed by atoms with Crippen molar-refractivity contribution in [2.75, 3.05) is 11.4 Å². The van der Waals surface area contributed by atoms with Crippen LogP contribution in [0.2, 0.25) is 0 Å². The summed E-state index contributed by atoms with van der Waals surface area (Å²) in [5.74, 6) is 0. The lowest BCUT2D eigenvalue weighted by Gasteiger charge is -2.24. The van der Waals surface area contributed by atoms with Gasteiger partial charge in [0, 0.05) is 6.54 Å². The Labute approximate surface area is 124 Å². The average molecular weight is 276 g/mol. The topological polar surface area (TPSA) is 32.3 Å². The summed E-state index contributed by atoms with van der Waals surface area (Å²) >= 11 is 0. The van der Waals surface area contributed by atoms with Crippen LogP contribution in [0.15, 0.2) is 61.2 Å². The number of para-hydroxylation sites is 2. The molecule has 1 heterocycles. The molecule has 1 aliphatic rings. The summed E-state index contributed by atoms with van der Waals surface area (Å²) in [6.45, 7) is 4.08. The molecular weight excluding hydrogens is 260 g/mol. The molecule has 1 N–H and O–H groups in total. The van der Waals surface area contributed by atoms with Crippen LogP contribution >= 0.6 is 0 Å². The van der Waals surface area contributed by atoms with Gasteiger partial charge in [0.15, 0.2) is 0 Å². The number of hydrogen-bond donors (Lipinski definition) is 1. The predicted molar refractivity (Wildman–Crippen MR) is 87.5 cm³/mol. The van der Waals surface area contributed by atoms with Gasteiger partial charge in [-0.1, -0.05) is 54.6 Å². The maximum atomic E-state index is 12.6. The fourth-order valence-electron chi connectivity index (χ4n) is 2.43. The van der Waals surface area contributed by atoms with E-state index in [-0.39, 0.29) is 6.03 Å². The standard InChI is InChI=1S/C18H16N2O/c1-2-13-19-18(21)20-16-9-5-3-7-14(16)11-12-15-8-4-6-10-17(15)20/h2-12H,1,13H2,(H,19,21). The molecule has 1 aliphatic heterocycles. The Kier molecular flexibility index (Phi) is 3.56. The van der Waals surface area contributed by atoms with Crippen LogP contribution in [0, 0.1) is 0 Å². The van der Waals surface area contributed by atoms with E-state index in [9.17, 15) is 4.79 Å². The number of benzene rings is 2. The molecule has 0 radical (unpaired) electrons. The minimum Gasteiger partial charge on any atom is -0.334 e. The Bertz CT molecular complexity index is 669. The molecule has 104 valence electrons. The van der Waals surface area contributed by atoms with Gasteiger partial charge in [0.25, 0.3) is 0 Å². The maximum Gasteiger partial charge on any atom is 0.326 e. The number of rotatable bonds is 2. The second kappa shape index (κ2) is 5.67. The summed E-state index contributed by atoms with van der Waals surface area (Å²) < 4.78 is 0. The maximum absolute atomic E-state index is 12.6. The van der Waals surface area contributed by atoms with Crippen LogP contribution in [0.1, 0.15) is 11.1 Å². The van der Waals surface area contributed by atoms with Crippen LogP contribution < -0.4 is 10.2 Å². The number of urea groups is 1. The van der Waals surface area contributed by atoms with Gasteiger partial charge < -0.3 is 5.32 Å². The highest BCUT2D eigenvalue weighted by Gasteiger charge is 2.22. The summed E-state index contributed by atoms with van der Waals surface area (Å²) in [5, 5.41) is 2.85. The second-order valence-electron chi connectivity index (χ2n) is 4.76. The highest BCUT2D eigenvalue weighted by atomic mass is 16.2. The number of nitrogens with zero attached hydrogens (tertiary/aromatic N) is 1. The number of carbonyl (C=O) groups excluding carboxylic acids is 1. The fourth-order valence-corrected chi connectivity index (χ4v) is 2.43. The van der Waals surface area contributed by atoms with Gasteiger partial charge in [-0.25, -0.2) is 4.79 Å². The first-order valence-corrected chi connectivity index (χ1v) is 6.86. The van der Waals surface area contributed by atoms with Gasteiger partial charge in [-0.05, 0) is 23.3 Å². The molecule has 0 saturated heterocycles. The van der Waals surface area contributed by atoms with E-state index in [4.69, 9.17) is 0 Å². The number of carbonyl (C=O) groups is 1. The zero-order valence-corrected chi connectivity index (χ0v) is 11.6. The third-order valence-electron chi connectivity index (χ3n) is 3.40. The van der Waals surface area contributed by atoms with Crippen molar-refractivity contribution in [3.8, 4) is 0 Å². The molecule has 2 aromatic carbocycles. The molecule has 0 bridgehead atoms. The lowest BCUT2D eigenvalue weighted by Crippen LogP contribution is -2.37. The van der Waals surface area contributed by atoms with Gasteiger partial charge in [0.1, 0.15) is 0 Å². The van der Waals surface area contributed by atoms with E-state index in [1.807, 2.05) is 60.7 Å². The molecule has 0 saturated carbocycles. The highest BCUT2D eigenvalue weighted by Crippen LogP contribution is 2.35. The smallest absolute Gasteiger partial charge is 0.326 e. The van der Waals surface area contributed by atoms with E-state index in [1.54, 1.807) is 11.0 Å². The van der Waals surface area contributed by atoms with E-state index in [2.05, 4.69) is 11.9 Å². The van der Waals surface area contributed by atoms with Crippen LogP contribution in [-0.4, -0.2) is 12.6 Å². The molecule has 0 fully saturated rings. The third kappa shape index (κ3) is 2.46. The minimum absolute atomic E-state index is 0.154. The van der Waals surface area contributed by atoms with Gasteiger partial charge >= 0.3 is 6.03 Å². The van der Waals surface area contributed by atoms with Gasteiger partial charge in [0.05, 0.1) is 11.4 Å². The third-order valence-corrected chi connectivity index (χ3v) is 3.40. The van der Waals surface area contributed by atoms with Crippen molar-refractivity contribution in [1.82, 2.24) is 5.32 Å². The highest BCUT2D eigenvalue weighted by molar-refractivity contribution is 6.05. The first-order valence-electron chi connectivity index (χ1n) is 6.86. The summed E-state index contributed by atoms with van der Waals surface area (Å²) in [5.41, 5.74) is 3.78. The number of amides is 2. The monoisotopic (exact) mass is 276 g/mol. The zero-order chi connectivity index (χ0) is 14.7. The zero-order valence-electron chi connectivity index (χ0n) is 11.6. The first-order chi connectivity index (χ1) is 10.3. The number of anilines is 2. The van der Waals surface area contributed by atoms with Gasteiger partial charge in [-0.15, -0.1) is 6.58 Å². The molecule has 0 unspecified atom stereocenters. The van der Waals surface area contributed by atoms with Crippen molar-refractivity contribution in [1.29, 1.82) is 0 Å². The number of nitrogens with one attached hydrogen (secondary N) is 1. The number of hydrogen-bond acceptors (Lipinski definition) is 1. The van der Waals surface area contributed by atoms with Crippen LogP contribution in [-0.2, 0) is 0 Å². The summed E-state index contributed by atoms with van der Waals surface area (Å²) in [7, 11) is 0. The Morgan fingerprint density at radius 2 is 1.52 bits per heavy atom. The molecule has 2 aromatic rings. The van der Waals surface area contributed by atoms with E-state index >= 15 is 0 Å². The van der Waals surface area contributed by atoms with Crippen molar-refractivity contribution < 1.29 is 4.79 Å². The van der Waals surface area contributed by atoms with E-state index < -0.39 is 0 Å². The average Bonchev–Trinajstić information content (AvgIpc) is 2.69. The summed E-state index contributed by atoms with van der Waals surface area (Å²) in [6.07, 6.45) is 5.75. The van der Waals surface area contributed by atoms with Gasteiger partial charge in [0.2, 0.25) is 0 Å². The Hall–Kier alpha value is -2.81. The van der Waals surface area contributed by atoms with Crippen molar-refractivity contribution >= 4 is 29.6 Å². The Morgan fingerprint density at radius 1 is 1.00 bits per heavy atom. The summed E-state index contributed by atoms with van der Waals surface area (Å²) in [6, 6.07) is 15.6. The van der Waals surface area contributed by atoms with E-state index in [0.29, 0.717) is 6.54 Å². The molecule has 0 spiro atoms. The molecule has 0 aliphatic carbocycles. The van der Waals surface area contributed by atoms with Crippen LogP contribution in [0.25, 0.3) is 12.2 Å². The first kappa shape index (κ1) is 13.2.